The van der Waals surface area contributed by atoms with Gasteiger partial charge in [0.25, 0.3) is 0 Å². The lowest BCUT2D eigenvalue weighted by Gasteiger charge is -2.35. The number of phenolic OH excluding ortho intramolecular Hbond substituents is 1. The molecule has 148 valence electrons. The highest BCUT2D eigenvalue weighted by Crippen LogP contribution is 2.40. The molecule has 27 heavy (non-hydrogen) atoms. The third-order valence-corrected chi connectivity index (χ3v) is 5.68. The Balaban J connectivity index is 1.97. The third-order valence-electron chi connectivity index (χ3n) is 5.68. The molecule has 2 atom stereocenters. The first-order valence-electron chi connectivity index (χ1n) is 9.87. The quantitative estimate of drug-likeness (QED) is 0.838. The normalized spacial score (nSPS) is 23.4. The van der Waals surface area contributed by atoms with Gasteiger partial charge in [-0.1, -0.05) is 53.7 Å². The first-order chi connectivity index (χ1) is 12.4. The predicted molar refractivity (Wildman–Crippen MR) is 106 cm³/mol. The van der Waals surface area contributed by atoms with Crippen molar-refractivity contribution in [2.24, 2.45) is 0 Å². The molecule has 5 nitrogen and oxygen atoms in total. The van der Waals surface area contributed by atoms with Crippen molar-refractivity contribution in [3.8, 4) is 5.75 Å². The zero-order valence-electron chi connectivity index (χ0n) is 17.3. The van der Waals surface area contributed by atoms with Gasteiger partial charge in [0.2, 0.25) is 11.8 Å². The molecule has 2 saturated heterocycles. The highest BCUT2D eigenvalue weighted by molar-refractivity contribution is 5.97. The molecule has 2 fully saturated rings. The predicted octanol–water partition coefficient (Wildman–Crippen LogP) is 3.02. The number of hydrogen-bond acceptors (Lipinski definition) is 3. The van der Waals surface area contributed by atoms with Gasteiger partial charge in [0, 0.05) is 13.0 Å². The minimum Gasteiger partial charge on any atom is -0.507 e. The maximum Gasteiger partial charge on any atom is 0.246 e. The fourth-order valence-electron chi connectivity index (χ4n) is 4.16. The van der Waals surface area contributed by atoms with Gasteiger partial charge >= 0.3 is 0 Å². The van der Waals surface area contributed by atoms with E-state index in [-0.39, 0.29) is 28.7 Å². The van der Waals surface area contributed by atoms with Crippen LogP contribution in [0.25, 0.3) is 0 Å². The van der Waals surface area contributed by atoms with Crippen molar-refractivity contribution in [1.82, 2.24) is 10.2 Å². The van der Waals surface area contributed by atoms with Crippen LogP contribution in [0.2, 0.25) is 0 Å². The number of amides is 2. The second-order valence-corrected chi connectivity index (χ2v) is 9.99. The zero-order valence-corrected chi connectivity index (χ0v) is 17.3. The number of piperazine rings is 1. The van der Waals surface area contributed by atoms with Crippen LogP contribution in [0.4, 0.5) is 0 Å². The van der Waals surface area contributed by atoms with Gasteiger partial charge in [-0.25, -0.2) is 0 Å². The van der Waals surface area contributed by atoms with Gasteiger partial charge in [-0.15, -0.1) is 0 Å². The topological polar surface area (TPSA) is 69.6 Å². The first-order valence-corrected chi connectivity index (χ1v) is 9.87. The van der Waals surface area contributed by atoms with Gasteiger partial charge in [0.05, 0.1) is 0 Å². The Hall–Kier alpha value is -2.04. The van der Waals surface area contributed by atoms with Crippen LogP contribution >= 0.6 is 0 Å². The summed E-state index contributed by atoms with van der Waals surface area (Å²) in [5.41, 5.74) is 2.27. The smallest absolute Gasteiger partial charge is 0.246 e. The van der Waals surface area contributed by atoms with E-state index in [0.29, 0.717) is 18.7 Å². The molecule has 0 saturated carbocycles. The summed E-state index contributed by atoms with van der Waals surface area (Å²) in [6.07, 6.45) is 2.09. The summed E-state index contributed by atoms with van der Waals surface area (Å²) < 4.78 is 0. The number of benzene rings is 1. The van der Waals surface area contributed by atoms with E-state index in [9.17, 15) is 14.7 Å². The molecule has 1 aromatic carbocycles. The lowest BCUT2D eigenvalue weighted by Crippen LogP contribution is -2.61. The highest BCUT2D eigenvalue weighted by Gasteiger charge is 2.43. The van der Waals surface area contributed by atoms with Gasteiger partial charge in [-0.3, -0.25) is 9.59 Å². The molecule has 0 aromatic heterocycles. The molecule has 1 aromatic rings. The molecule has 0 aliphatic carbocycles. The Bertz CT molecular complexity index is 736. The molecular formula is C22H32N2O3. The van der Waals surface area contributed by atoms with E-state index in [0.717, 1.165) is 29.5 Å². The van der Waals surface area contributed by atoms with Crippen LogP contribution < -0.4 is 5.32 Å². The monoisotopic (exact) mass is 372 g/mol. The fraction of sp³-hybridized carbons (Fsp3) is 0.636. The third kappa shape index (κ3) is 3.69. The molecule has 2 N–H and O–H groups in total. The molecule has 2 amide bonds. The standard InChI is InChI=1S/C22H32N2O3/c1-21(2,3)14-10-13(11-15(18(14)25)22(4,5)6)12-16-20(27)24-9-7-8-17(24)19(26)23-16/h10-11,16-17,25H,7-9,12H2,1-6H3,(H,23,26)/t16-,17-/m0/s1. The van der Waals surface area contributed by atoms with Gasteiger partial charge < -0.3 is 15.3 Å². The summed E-state index contributed by atoms with van der Waals surface area (Å²) in [6.45, 7) is 13.1. The Morgan fingerprint density at radius 1 is 1.07 bits per heavy atom. The van der Waals surface area contributed by atoms with E-state index in [1.54, 1.807) is 4.90 Å². The van der Waals surface area contributed by atoms with Crippen LogP contribution in [0.1, 0.15) is 71.1 Å². The molecule has 3 rings (SSSR count). The number of carbonyl (C=O) groups excluding carboxylic acids is 2. The largest absolute Gasteiger partial charge is 0.507 e. The molecular weight excluding hydrogens is 340 g/mol. The Morgan fingerprint density at radius 3 is 2.15 bits per heavy atom. The SMILES string of the molecule is CC(C)(C)c1cc(C[C@@H]2NC(=O)[C@@H]3CCCN3C2=O)cc(C(C)(C)C)c1O. The lowest BCUT2D eigenvalue weighted by atomic mass is 9.78. The van der Waals surface area contributed by atoms with Crippen LogP contribution in [-0.4, -0.2) is 40.4 Å². The van der Waals surface area contributed by atoms with Crippen molar-refractivity contribution >= 4 is 11.8 Å². The number of phenols is 1. The average molecular weight is 373 g/mol. The molecule has 2 heterocycles. The minimum atomic E-state index is -0.531. The van der Waals surface area contributed by atoms with Crippen LogP contribution in [0, 0.1) is 0 Å². The molecule has 0 radical (unpaired) electrons. The highest BCUT2D eigenvalue weighted by atomic mass is 16.3. The second kappa shape index (κ2) is 6.54. The van der Waals surface area contributed by atoms with Crippen LogP contribution in [0.5, 0.6) is 5.75 Å². The van der Waals surface area contributed by atoms with Gasteiger partial charge in [0.1, 0.15) is 17.8 Å². The maximum absolute atomic E-state index is 12.8. The van der Waals surface area contributed by atoms with Crippen LogP contribution in [-0.2, 0) is 26.8 Å². The van der Waals surface area contributed by atoms with E-state index >= 15 is 0 Å². The first kappa shape index (κ1) is 19.7. The molecule has 0 unspecified atom stereocenters. The summed E-state index contributed by atoms with van der Waals surface area (Å²) in [5.74, 6) is 0.306. The van der Waals surface area contributed by atoms with Gasteiger partial charge in [-0.2, -0.15) is 0 Å². The Kier molecular flexibility index (Phi) is 4.77. The number of carbonyl (C=O) groups is 2. The fourth-order valence-corrected chi connectivity index (χ4v) is 4.16. The van der Waals surface area contributed by atoms with Crippen molar-refractivity contribution in [2.45, 2.75) is 83.7 Å². The van der Waals surface area contributed by atoms with Crippen molar-refractivity contribution < 1.29 is 14.7 Å². The van der Waals surface area contributed by atoms with Gasteiger partial charge in [-0.05, 0) is 40.4 Å². The van der Waals surface area contributed by atoms with Crippen molar-refractivity contribution in [1.29, 1.82) is 0 Å². The number of aromatic hydroxyl groups is 1. The molecule has 0 spiro atoms. The van der Waals surface area contributed by atoms with Gasteiger partial charge in [0.15, 0.2) is 0 Å². The van der Waals surface area contributed by atoms with Crippen molar-refractivity contribution in [2.75, 3.05) is 6.54 Å². The van der Waals surface area contributed by atoms with E-state index in [1.165, 1.54) is 0 Å². The van der Waals surface area contributed by atoms with E-state index in [1.807, 2.05) is 12.1 Å². The Labute approximate surface area is 162 Å². The zero-order chi connectivity index (χ0) is 20.1. The average Bonchev–Trinajstić information content (AvgIpc) is 3.02. The number of nitrogens with one attached hydrogen (secondary N) is 1. The van der Waals surface area contributed by atoms with Crippen molar-refractivity contribution in [3.63, 3.8) is 0 Å². The van der Waals surface area contributed by atoms with Crippen LogP contribution in [0.3, 0.4) is 0 Å². The second-order valence-electron chi connectivity index (χ2n) is 9.99. The summed E-state index contributed by atoms with van der Waals surface area (Å²) in [6, 6.07) is 3.15. The number of fused-ring (bicyclic) bond motifs is 1. The van der Waals surface area contributed by atoms with Crippen molar-refractivity contribution in [3.05, 3.63) is 28.8 Å². The number of nitrogens with zero attached hydrogens (tertiary/aromatic N) is 1. The Morgan fingerprint density at radius 2 is 1.63 bits per heavy atom. The lowest BCUT2D eigenvalue weighted by molar-refractivity contribution is -0.146. The minimum absolute atomic E-state index is 0.0137. The van der Waals surface area contributed by atoms with E-state index in [4.69, 9.17) is 0 Å². The summed E-state index contributed by atoms with van der Waals surface area (Å²) in [5, 5.41) is 13.8. The molecule has 5 heteroatoms. The van der Waals surface area contributed by atoms with Crippen LogP contribution in [0.15, 0.2) is 12.1 Å². The summed E-state index contributed by atoms with van der Waals surface area (Å²) in [4.78, 5) is 27.0. The maximum atomic E-state index is 12.8. The number of hydrogen-bond donors (Lipinski definition) is 2. The molecule has 2 aliphatic heterocycles. The van der Waals surface area contributed by atoms with E-state index < -0.39 is 6.04 Å². The summed E-state index contributed by atoms with van der Waals surface area (Å²) in [7, 11) is 0. The van der Waals surface area contributed by atoms with E-state index in [2.05, 4.69) is 46.9 Å². The molecule has 0 bridgehead atoms. The molecule has 2 aliphatic rings. The number of rotatable bonds is 2. The summed E-state index contributed by atoms with van der Waals surface area (Å²) >= 11 is 0.